The molecule has 2 saturated heterocycles. The number of aliphatic hydroxyl groups excluding tert-OH is 1. The summed E-state index contributed by atoms with van der Waals surface area (Å²) in [5, 5.41) is 9.07. The summed E-state index contributed by atoms with van der Waals surface area (Å²) in [6.45, 7) is 1.65. The Hall–Kier alpha value is -1.44. The van der Waals surface area contributed by atoms with E-state index in [-0.39, 0.29) is 30.7 Å². The van der Waals surface area contributed by atoms with Gasteiger partial charge in [0.2, 0.25) is 0 Å². The van der Waals surface area contributed by atoms with E-state index >= 15 is 0 Å². The van der Waals surface area contributed by atoms with Gasteiger partial charge in [-0.15, -0.1) is 0 Å². The minimum absolute atomic E-state index is 0.116. The quantitative estimate of drug-likeness (QED) is 0.628. The SMILES string of the molecule is Cc1cn(C2OC(CO)C3OC32)c(=O)nc1N. The number of fused-ring (bicyclic) bond motifs is 1. The fourth-order valence-corrected chi connectivity index (χ4v) is 2.13. The first-order valence-corrected chi connectivity index (χ1v) is 5.39. The molecule has 7 heteroatoms. The molecule has 0 saturated carbocycles. The average Bonchev–Trinajstić information content (AvgIpc) is 3.00. The van der Waals surface area contributed by atoms with Gasteiger partial charge in [0.05, 0.1) is 6.61 Å². The molecule has 0 spiro atoms. The molecule has 1 aromatic rings. The first-order chi connectivity index (χ1) is 8.11. The molecule has 0 aromatic carbocycles. The molecule has 3 N–H and O–H groups in total. The first kappa shape index (κ1) is 10.7. The fraction of sp³-hybridized carbons (Fsp3) is 0.600. The number of aryl methyl sites for hydroxylation is 1. The van der Waals surface area contributed by atoms with Crippen molar-refractivity contribution < 1.29 is 14.6 Å². The second-order valence-electron chi connectivity index (χ2n) is 4.31. The highest BCUT2D eigenvalue weighted by Gasteiger charge is 2.58. The molecule has 2 aliphatic heterocycles. The third-order valence-corrected chi connectivity index (χ3v) is 3.15. The van der Waals surface area contributed by atoms with Gasteiger partial charge in [0, 0.05) is 11.8 Å². The molecular formula is C10H13N3O4. The summed E-state index contributed by atoms with van der Waals surface area (Å²) in [5.41, 5.74) is 5.79. The van der Waals surface area contributed by atoms with Crippen LogP contribution in [0.15, 0.2) is 11.0 Å². The second-order valence-corrected chi connectivity index (χ2v) is 4.31. The number of ether oxygens (including phenoxy) is 2. The number of nitrogen functional groups attached to an aromatic ring is 1. The molecular weight excluding hydrogens is 226 g/mol. The van der Waals surface area contributed by atoms with E-state index in [1.54, 1.807) is 13.1 Å². The summed E-state index contributed by atoms with van der Waals surface area (Å²) in [4.78, 5) is 15.4. The molecule has 3 rings (SSSR count). The lowest BCUT2D eigenvalue weighted by atomic mass is 10.2. The Labute approximate surface area is 96.8 Å². The standard InChI is InChI=1S/C10H13N3O4/c1-4-2-13(10(15)12-8(4)11)9-7-6(17-7)5(3-14)16-9/h2,5-7,9,14H,3H2,1H3,(H2,11,12,15). The average molecular weight is 239 g/mol. The maximum absolute atomic E-state index is 11.7. The van der Waals surface area contributed by atoms with E-state index in [9.17, 15) is 4.79 Å². The number of nitrogens with two attached hydrogens (primary N) is 1. The Morgan fingerprint density at radius 3 is 2.94 bits per heavy atom. The van der Waals surface area contributed by atoms with Gasteiger partial charge in [0.1, 0.15) is 24.1 Å². The highest BCUT2D eigenvalue weighted by atomic mass is 16.7. The van der Waals surface area contributed by atoms with Crippen molar-refractivity contribution in [2.75, 3.05) is 12.3 Å². The van der Waals surface area contributed by atoms with Crippen LogP contribution in [0.2, 0.25) is 0 Å². The van der Waals surface area contributed by atoms with E-state index in [0.717, 1.165) is 0 Å². The Bertz CT molecular complexity index is 515. The predicted molar refractivity (Wildman–Crippen MR) is 57.3 cm³/mol. The molecule has 0 aliphatic carbocycles. The normalized spacial score (nSPS) is 34.7. The van der Waals surface area contributed by atoms with Crippen molar-refractivity contribution in [3.05, 3.63) is 22.2 Å². The predicted octanol–water partition coefficient (Wildman–Crippen LogP) is -1.21. The topological polar surface area (TPSA) is 103 Å². The Balaban J connectivity index is 1.96. The highest BCUT2D eigenvalue weighted by molar-refractivity contribution is 5.35. The van der Waals surface area contributed by atoms with E-state index in [1.165, 1.54) is 4.57 Å². The van der Waals surface area contributed by atoms with Crippen molar-refractivity contribution in [2.24, 2.45) is 0 Å². The Kier molecular flexibility index (Phi) is 2.22. The molecule has 0 bridgehead atoms. The summed E-state index contributed by atoms with van der Waals surface area (Å²) in [7, 11) is 0. The van der Waals surface area contributed by atoms with Gasteiger partial charge >= 0.3 is 5.69 Å². The Morgan fingerprint density at radius 2 is 2.29 bits per heavy atom. The molecule has 17 heavy (non-hydrogen) atoms. The summed E-state index contributed by atoms with van der Waals surface area (Å²) >= 11 is 0. The van der Waals surface area contributed by atoms with E-state index in [0.29, 0.717) is 5.56 Å². The molecule has 4 unspecified atom stereocenters. The van der Waals surface area contributed by atoms with Gasteiger partial charge in [-0.05, 0) is 6.92 Å². The van der Waals surface area contributed by atoms with Crippen LogP contribution in [0.3, 0.4) is 0 Å². The summed E-state index contributed by atoms with van der Waals surface area (Å²) in [6, 6.07) is 0. The lowest BCUT2D eigenvalue weighted by molar-refractivity contribution is -0.0856. The second kappa shape index (κ2) is 3.52. The zero-order valence-electron chi connectivity index (χ0n) is 9.24. The van der Waals surface area contributed by atoms with Crippen molar-refractivity contribution >= 4 is 5.82 Å². The first-order valence-electron chi connectivity index (χ1n) is 5.39. The molecule has 0 amide bonds. The Morgan fingerprint density at radius 1 is 1.53 bits per heavy atom. The smallest absolute Gasteiger partial charge is 0.351 e. The highest BCUT2D eigenvalue weighted by Crippen LogP contribution is 2.44. The van der Waals surface area contributed by atoms with Crippen LogP contribution in [0.25, 0.3) is 0 Å². The third-order valence-electron chi connectivity index (χ3n) is 3.15. The maximum Gasteiger partial charge on any atom is 0.351 e. The van der Waals surface area contributed by atoms with Gasteiger partial charge < -0.3 is 20.3 Å². The van der Waals surface area contributed by atoms with Crippen LogP contribution in [-0.2, 0) is 9.47 Å². The van der Waals surface area contributed by atoms with Gasteiger partial charge in [0.25, 0.3) is 0 Å². The van der Waals surface area contributed by atoms with E-state index in [4.69, 9.17) is 20.3 Å². The van der Waals surface area contributed by atoms with Crippen molar-refractivity contribution in [3.63, 3.8) is 0 Å². The summed E-state index contributed by atoms with van der Waals surface area (Å²) in [6.07, 6.45) is 0.434. The molecule has 7 nitrogen and oxygen atoms in total. The lowest BCUT2D eigenvalue weighted by Crippen LogP contribution is -2.31. The van der Waals surface area contributed by atoms with Gasteiger partial charge in [-0.3, -0.25) is 4.57 Å². The molecule has 92 valence electrons. The number of hydrogen-bond donors (Lipinski definition) is 2. The number of nitrogens with zero attached hydrogens (tertiary/aromatic N) is 2. The van der Waals surface area contributed by atoms with Crippen LogP contribution in [0.4, 0.5) is 5.82 Å². The molecule has 4 atom stereocenters. The number of rotatable bonds is 2. The summed E-state index contributed by atoms with van der Waals surface area (Å²) < 4.78 is 12.3. The molecule has 1 aromatic heterocycles. The van der Waals surface area contributed by atoms with Crippen molar-refractivity contribution in [1.82, 2.24) is 9.55 Å². The van der Waals surface area contributed by atoms with Gasteiger partial charge in [-0.25, -0.2) is 4.79 Å². The van der Waals surface area contributed by atoms with Crippen molar-refractivity contribution in [2.45, 2.75) is 31.5 Å². The van der Waals surface area contributed by atoms with Crippen molar-refractivity contribution in [3.8, 4) is 0 Å². The van der Waals surface area contributed by atoms with Gasteiger partial charge in [0.15, 0.2) is 6.23 Å². The lowest BCUT2D eigenvalue weighted by Gasteiger charge is -2.18. The zero-order chi connectivity index (χ0) is 12.2. The van der Waals surface area contributed by atoms with Gasteiger partial charge in [-0.1, -0.05) is 0 Å². The minimum Gasteiger partial charge on any atom is -0.394 e. The monoisotopic (exact) mass is 239 g/mol. The van der Waals surface area contributed by atoms with Crippen molar-refractivity contribution in [1.29, 1.82) is 0 Å². The van der Waals surface area contributed by atoms with Crippen LogP contribution >= 0.6 is 0 Å². The van der Waals surface area contributed by atoms with E-state index < -0.39 is 11.9 Å². The van der Waals surface area contributed by atoms with Crippen LogP contribution in [0, 0.1) is 6.92 Å². The largest absolute Gasteiger partial charge is 0.394 e. The molecule has 3 heterocycles. The number of aromatic nitrogens is 2. The third kappa shape index (κ3) is 1.54. The van der Waals surface area contributed by atoms with E-state index in [2.05, 4.69) is 4.98 Å². The fourth-order valence-electron chi connectivity index (χ4n) is 2.13. The number of epoxide rings is 1. The summed E-state index contributed by atoms with van der Waals surface area (Å²) in [5.74, 6) is 0.219. The van der Waals surface area contributed by atoms with Gasteiger partial charge in [-0.2, -0.15) is 4.98 Å². The minimum atomic E-state index is -0.517. The molecule has 2 aliphatic rings. The number of hydrogen-bond acceptors (Lipinski definition) is 6. The number of aliphatic hydroxyl groups is 1. The molecule has 0 radical (unpaired) electrons. The molecule has 2 fully saturated rings. The van der Waals surface area contributed by atoms with Crippen LogP contribution < -0.4 is 11.4 Å². The van der Waals surface area contributed by atoms with E-state index in [1.807, 2.05) is 0 Å². The van der Waals surface area contributed by atoms with Crippen LogP contribution in [-0.4, -0.2) is 39.6 Å². The van der Waals surface area contributed by atoms with Crippen LogP contribution in [0.5, 0.6) is 0 Å². The van der Waals surface area contributed by atoms with Crippen LogP contribution in [0.1, 0.15) is 11.8 Å². The zero-order valence-corrected chi connectivity index (χ0v) is 9.24. The number of anilines is 1. The maximum atomic E-state index is 11.7.